The number of benzene rings is 1. The van der Waals surface area contributed by atoms with E-state index in [1.165, 1.54) is 12.0 Å². The molecule has 0 aliphatic heterocycles. The summed E-state index contributed by atoms with van der Waals surface area (Å²) in [5, 5.41) is 5.33. The molecule has 0 bridgehead atoms. The summed E-state index contributed by atoms with van der Waals surface area (Å²) in [4.78, 5) is 53.4. The molecule has 9 heteroatoms. The topological polar surface area (TPSA) is 114 Å². The number of esters is 1. The van der Waals surface area contributed by atoms with Gasteiger partial charge in [-0.25, -0.2) is 4.79 Å². The number of alkyl carbamates (subject to hydrolysis) is 1. The lowest BCUT2D eigenvalue weighted by Gasteiger charge is -2.39. The largest absolute Gasteiger partial charge is 0.468 e. The summed E-state index contributed by atoms with van der Waals surface area (Å²) in [6.07, 6.45) is 0.481. The lowest BCUT2D eigenvalue weighted by Crippen LogP contribution is -2.57. The van der Waals surface area contributed by atoms with Crippen molar-refractivity contribution in [1.29, 1.82) is 0 Å². The molecule has 1 aromatic rings. The molecule has 0 radical (unpaired) electrons. The van der Waals surface area contributed by atoms with Gasteiger partial charge >= 0.3 is 12.1 Å². The van der Waals surface area contributed by atoms with Gasteiger partial charge in [-0.05, 0) is 52.5 Å². The molecule has 1 aromatic carbocycles. The minimum absolute atomic E-state index is 0.228. The monoisotopic (exact) mass is 505 g/mol. The second-order valence-electron chi connectivity index (χ2n) is 10.1. The first-order chi connectivity index (χ1) is 16.7. The standard InChI is InChI=1S/C27H43N3O6/c1-10-18(4)22(29-26(34)36-27(6,7)8)25(33)30(19(5)11-2)23(20-14-12-17(3)13-15-20)24(32)28-16-21(31)35-9/h12-15,18-19,22-23H,10-11,16H2,1-9H3,(H,28,32)(H,29,34). The van der Waals surface area contributed by atoms with Crippen molar-refractivity contribution < 1.29 is 28.7 Å². The number of nitrogens with zero attached hydrogens (tertiary/aromatic N) is 1. The zero-order chi connectivity index (χ0) is 27.6. The second kappa shape index (κ2) is 13.8. The first-order valence-corrected chi connectivity index (χ1v) is 12.5. The van der Waals surface area contributed by atoms with Crippen LogP contribution in [-0.2, 0) is 23.9 Å². The number of rotatable bonds is 11. The number of nitrogens with one attached hydrogen (secondary N) is 2. The van der Waals surface area contributed by atoms with Crippen molar-refractivity contribution in [3.63, 3.8) is 0 Å². The Morgan fingerprint density at radius 3 is 2.06 bits per heavy atom. The molecule has 202 valence electrons. The van der Waals surface area contributed by atoms with Crippen molar-refractivity contribution in [1.82, 2.24) is 15.5 Å². The molecule has 0 aromatic heterocycles. The summed E-state index contributed by atoms with van der Waals surface area (Å²) in [6.45, 7) is 14.4. The predicted molar refractivity (Wildman–Crippen MR) is 138 cm³/mol. The summed E-state index contributed by atoms with van der Waals surface area (Å²) in [5.41, 5.74) is 0.858. The maximum atomic E-state index is 14.1. The Labute approximate surface area is 215 Å². The third-order valence-corrected chi connectivity index (χ3v) is 6.03. The summed E-state index contributed by atoms with van der Waals surface area (Å²) in [7, 11) is 1.24. The van der Waals surface area contributed by atoms with Gasteiger partial charge in [0.1, 0.15) is 24.2 Å². The normalized spacial score (nSPS) is 14.6. The summed E-state index contributed by atoms with van der Waals surface area (Å²) >= 11 is 0. The SMILES string of the molecule is CCC(C)C(NC(=O)OC(C)(C)C)C(=O)N(C(C)CC)C(C(=O)NCC(=O)OC)c1ccc(C)cc1. The van der Waals surface area contributed by atoms with E-state index < -0.39 is 41.6 Å². The van der Waals surface area contributed by atoms with E-state index in [4.69, 9.17) is 4.74 Å². The van der Waals surface area contributed by atoms with Gasteiger partial charge < -0.3 is 25.0 Å². The number of ether oxygens (including phenoxy) is 2. The third-order valence-electron chi connectivity index (χ3n) is 6.03. The summed E-state index contributed by atoms with van der Waals surface area (Å²) in [5.74, 6) is -1.74. The molecule has 0 heterocycles. The number of amides is 3. The molecule has 4 unspecified atom stereocenters. The Bertz CT molecular complexity index is 894. The van der Waals surface area contributed by atoms with Gasteiger partial charge in [-0.1, -0.05) is 57.0 Å². The van der Waals surface area contributed by atoms with Crippen LogP contribution in [0.2, 0.25) is 0 Å². The quantitative estimate of drug-likeness (QED) is 0.441. The first-order valence-electron chi connectivity index (χ1n) is 12.5. The average Bonchev–Trinajstić information content (AvgIpc) is 2.82. The maximum Gasteiger partial charge on any atom is 0.408 e. The lowest BCUT2D eigenvalue weighted by molar-refractivity contribution is -0.147. The molecular weight excluding hydrogens is 462 g/mol. The Balaban J connectivity index is 3.52. The van der Waals surface area contributed by atoms with Crippen LogP contribution in [0.3, 0.4) is 0 Å². The van der Waals surface area contributed by atoms with Crippen molar-refractivity contribution in [3.8, 4) is 0 Å². The van der Waals surface area contributed by atoms with E-state index in [1.54, 1.807) is 32.9 Å². The molecule has 2 N–H and O–H groups in total. The molecule has 0 saturated heterocycles. The Morgan fingerprint density at radius 2 is 1.58 bits per heavy atom. The highest BCUT2D eigenvalue weighted by Crippen LogP contribution is 2.28. The molecular formula is C27H43N3O6. The highest BCUT2D eigenvalue weighted by molar-refractivity contribution is 5.93. The maximum absolute atomic E-state index is 14.1. The van der Waals surface area contributed by atoms with Crippen molar-refractivity contribution in [2.75, 3.05) is 13.7 Å². The van der Waals surface area contributed by atoms with E-state index in [9.17, 15) is 19.2 Å². The Kier molecular flexibility index (Phi) is 11.9. The third kappa shape index (κ3) is 9.17. The molecule has 0 aliphatic rings. The van der Waals surface area contributed by atoms with Gasteiger partial charge in [0.2, 0.25) is 11.8 Å². The predicted octanol–water partition coefficient (Wildman–Crippen LogP) is 3.89. The number of carbonyl (C=O) groups excluding carboxylic acids is 4. The fourth-order valence-corrected chi connectivity index (χ4v) is 3.59. The average molecular weight is 506 g/mol. The van der Waals surface area contributed by atoms with Gasteiger partial charge in [0.15, 0.2) is 0 Å². The van der Waals surface area contributed by atoms with Gasteiger partial charge in [-0.15, -0.1) is 0 Å². The van der Waals surface area contributed by atoms with Gasteiger partial charge in [-0.2, -0.15) is 0 Å². The molecule has 0 aliphatic carbocycles. The fourth-order valence-electron chi connectivity index (χ4n) is 3.59. The van der Waals surface area contributed by atoms with Crippen LogP contribution in [0.1, 0.15) is 78.5 Å². The lowest BCUT2D eigenvalue weighted by atomic mass is 9.94. The molecule has 3 amide bonds. The fraction of sp³-hybridized carbons (Fsp3) is 0.630. The van der Waals surface area contributed by atoms with Crippen LogP contribution >= 0.6 is 0 Å². The van der Waals surface area contributed by atoms with Gasteiger partial charge in [0, 0.05) is 6.04 Å². The van der Waals surface area contributed by atoms with Crippen molar-refractivity contribution in [2.24, 2.45) is 5.92 Å². The van der Waals surface area contributed by atoms with Crippen LogP contribution in [-0.4, -0.2) is 60.1 Å². The van der Waals surface area contributed by atoms with Crippen LogP contribution in [0.5, 0.6) is 0 Å². The highest BCUT2D eigenvalue weighted by Gasteiger charge is 2.40. The highest BCUT2D eigenvalue weighted by atomic mass is 16.6. The Morgan fingerprint density at radius 1 is 1.00 bits per heavy atom. The van der Waals surface area contributed by atoms with E-state index >= 15 is 0 Å². The first kappa shape index (κ1) is 30.9. The molecule has 36 heavy (non-hydrogen) atoms. The molecule has 1 rings (SSSR count). The smallest absolute Gasteiger partial charge is 0.408 e. The number of aryl methyl sites for hydroxylation is 1. The molecule has 4 atom stereocenters. The van der Waals surface area contributed by atoms with E-state index in [0.717, 1.165) is 5.56 Å². The van der Waals surface area contributed by atoms with E-state index in [-0.39, 0.29) is 18.5 Å². The van der Waals surface area contributed by atoms with Crippen molar-refractivity contribution in [3.05, 3.63) is 35.4 Å². The van der Waals surface area contributed by atoms with Gasteiger partial charge in [0.25, 0.3) is 0 Å². The molecule has 0 saturated carbocycles. The van der Waals surface area contributed by atoms with Crippen LogP contribution in [0.25, 0.3) is 0 Å². The van der Waals surface area contributed by atoms with Crippen molar-refractivity contribution in [2.45, 2.75) is 92.0 Å². The number of hydrogen-bond donors (Lipinski definition) is 2. The molecule has 0 fully saturated rings. The zero-order valence-corrected chi connectivity index (χ0v) is 23.1. The number of methoxy groups -OCH3 is 1. The van der Waals surface area contributed by atoms with Gasteiger partial charge in [0.05, 0.1) is 7.11 Å². The second-order valence-corrected chi connectivity index (χ2v) is 10.1. The minimum Gasteiger partial charge on any atom is -0.468 e. The Hall–Kier alpha value is -3.10. The summed E-state index contributed by atoms with van der Waals surface area (Å²) in [6, 6.07) is 5.02. The number of carbonyl (C=O) groups is 4. The summed E-state index contributed by atoms with van der Waals surface area (Å²) < 4.78 is 10.1. The molecule has 9 nitrogen and oxygen atoms in total. The minimum atomic E-state index is -1.02. The van der Waals surface area contributed by atoms with Crippen LogP contribution in [0.15, 0.2) is 24.3 Å². The van der Waals surface area contributed by atoms with Crippen LogP contribution in [0, 0.1) is 12.8 Å². The molecule has 0 spiro atoms. The van der Waals surface area contributed by atoms with Crippen LogP contribution in [0.4, 0.5) is 4.79 Å². The van der Waals surface area contributed by atoms with Gasteiger partial charge in [-0.3, -0.25) is 14.4 Å². The van der Waals surface area contributed by atoms with Crippen LogP contribution < -0.4 is 10.6 Å². The van der Waals surface area contributed by atoms with E-state index in [0.29, 0.717) is 18.4 Å². The van der Waals surface area contributed by atoms with E-state index in [1.807, 2.05) is 46.8 Å². The van der Waals surface area contributed by atoms with E-state index in [2.05, 4.69) is 15.4 Å². The number of hydrogen-bond acceptors (Lipinski definition) is 6. The van der Waals surface area contributed by atoms with Crippen molar-refractivity contribution >= 4 is 23.9 Å². The zero-order valence-electron chi connectivity index (χ0n) is 23.1.